The third-order valence-electron chi connectivity index (χ3n) is 5.79. The molecule has 1 rings (SSSR count). The molecular weight excluding hydrogens is 404 g/mol. The van der Waals surface area contributed by atoms with Crippen LogP contribution in [-0.4, -0.2) is 11.9 Å². The maximum atomic E-state index is 12.2. The highest BCUT2D eigenvalue weighted by Crippen LogP contribution is 2.34. The summed E-state index contributed by atoms with van der Waals surface area (Å²) in [5.41, 5.74) is 0. The second kappa shape index (κ2) is 18.8. The Hall–Kier alpha value is -1.78. The summed E-state index contributed by atoms with van der Waals surface area (Å²) >= 11 is 0. The SMILES string of the molecule is CCCCCCCCCCC(=O)Oc1coc(C)c1OC(=O)CCCCCCCCCC. The van der Waals surface area contributed by atoms with Gasteiger partial charge in [-0.05, 0) is 19.8 Å². The Labute approximate surface area is 195 Å². The summed E-state index contributed by atoms with van der Waals surface area (Å²) in [4.78, 5) is 24.4. The number of hydrogen-bond acceptors (Lipinski definition) is 5. The number of ether oxygens (including phenoxy) is 2. The fourth-order valence-corrected chi connectivity index (χ4v) is 3.76. The number of aryl methyl sites for hydroxylation is 1. The van der Waals surface area contributed by atoms with Gasteiger partial charge in [0.2, 0.25) is 11.5 Å². The first kappa shape index (κ1) is 28.3. The van der Waals surface area contributed by atoms with Crippen LogP contribution < -0.4 is 9.47 Å². The first-order chi connectivity index (χ1) is 15.6. The Balaban J connectivity index is 2.23. The molecule has 0 aliphatic rings. The molecule has 0 atom stereocenters. The maximum Gasteiger partial charge on any atom is 0.311 e. The van der Waals surface area contributed by atoms with E-state index in [-0.39, 0.29) is 23.4 Å². The highest BCUT2D eigenvalue weighted by molar-refractivity contribution is 5.76. The van der Waals surface area contributed by atoms with Gasteiger partial charge in [-0.25, -0.2) is 0 Å². The van der Waals surface area contributed by atoms with Gasteiger partial charge in [0.05, 0.1) is 0 Å². The van der Waals surface area contributed by atoms with Crippen molar-refractivity contribution in [3.05, 3.63) is 12.0 Å². The van der Waals surface area contributed by atoms with Crippen LogP contribution in [0.25, 0.3) is 0 Å². The van der Waals surface area contributed by atoms with Crippen LogP contribution in [0.1, 0.15) is 135 Å². The van der Waals surface area contributed by atoms with E-state index in [0.29, 0.717) is 18.6 Å². The summed E-state index contributed by atoms with van der Waals surface area (Å²) in [7, 11) is 0. The summed E-state index contributed by atoms with van der Waals surface area (Å²) < 4.78 is 16.2. The minimum absolute atomic E-state index is 0.205. The lowest BCUT2D eigenvalue weighted by molar-refractivity contribution is -0.137. The van der Waals surface area contributed by atoms with E-state index < -0.39 is 0 Å². The summed E-state index contributed by atoms with van der Waals surface area (Å²) in [6.45, 7) is 6.14. The van der Waals surface area contributed by atoms with Gasteiger partial charge in [-0.1, -0.05) is 104 Å². The Kier molecular flexibility index (Phi) is 16.6. The van der Waals surface area contributed by atoms with Crippen LogP contribution in [0.3, 0.4) is 0 Å². The van der Waals surface area contributed by atoms with Crippen LogP contribution in [0.15, 0.2) is 10.7 Å². The predicted octanol–water partition coefficient (Wildman–Crippen LogP) is 8.46. The third-order valence-corrected chi connectivity index (χ3v) is 5.79. The van der Waals surface area contributed by atoms with Gasteiger partial charge < -0.3 is 13.9 Å². The van der Waals surface area contributed by atoms with Gasteiger partial charge in [0, 0.05) is 12.8 Å². The fraction of sp³-hybridized carbons (Fsp3) is 0.778. The zero-order valence-electron chi connectivity index (χ0n) is 20.8. The van der Waals surface area contributed by atoms with E-state index in [0.717, 1.165) is 38.5 Å². The number of esters is 2. The molecule has 0 aliphatic carbocycles. The lowest BCUT2D eigenvalue weighted by atomic mass is 10.1. The lowest BCUT2D eigenvalue weighted by Gasteiger charge is -2.07. The molecule has 0 N–H and O–H groups in total. The lowest BCUT2D eigenvalue weighted by Crippen LogP contribution is -2.11. The van der Waals surface area contributed by atoms with Gasteiger partial charge in [-0.15, -0.1) is 0 Å². The van der Waals surface area contributed by atoms with Gasteiger partial charge in [-0.2, -0.15) is 0 Å². The van der Waals surface area contributed by atoms with Gasteiger partial charge in [0.25, 0.3) is 0 Å². The molecule has 0 fully saturated rings. The Morgan fingerprint density at radius 1 is 0.656 bits per heavy atom. The zero-order valence-corrected chi connectivity index (χ0v) is 20.8. The van der Waals surface area contributed by atoms with Crippen LogP contribution >= 0.6 is 0 Å². The zero-order chi connectivity index (χ0) is 23.4. The topological polar surface area (TPSA) is 65.7 Å². The maximum absolute atomic E-state index is 12.2. The average Bonchev–Trinajstić information content (AvgIpc) is 3.11. The minimum Gasteiger partial charge on any atom is -0.462 e. The number of carbonyl (C=O) groups is 2. The fourth-order valence-electron chi connectivity index (χ4n) is 3.76. The van der Waals surface area contributed by atoms with Crippen molar-refractivity contribution in [2.45, 2.75) is 136 Å². The van der Waals surface area contributed by atoms with Crippen LogP contribution in [0.2, 0.25) is 0 Å². The van der Waals surface area contributed by atoms with E-state index >= 15 is 0 Å². The van der Waals surface area contributed by atoms with Crippen molar-refractivity contribution in [3.63, 3.8) is 0 Å². The van der Waals surface area contributed by atoms with Gasteiger partial charge >= 0.3 is 11.9 Å². The summed E-state index contributed by atoms with van der Waals surface area (Å²) in [6, 6.07) is 0. The molecule has 0 unspecified atom stereocenters. The number of furan rings is 1. The molecule has 1 aromatic heterocycles. The molecule has 0 aromatic carbocycles. The molecule has 5 heteroatoms. The molecule has 1 heterocycles. The van der Waals surface area contributed by atoms with Crippen molar-refractivity contribution >= 4 is 11.9 Å². The van der Waals surface area contributed by atoms with Crippen molar-refractivity contribution in [2.75, 3.05) is 0 Å². The molecule has 32 heavy (non-hydrogen) atoms. The molecule has 0 aliphatic heterocycles. The quantitative estimate of drug-likeness (QED) is 0.147. The van der Waals surface area contributed by atoms with E-state index in [1.165, 1.54) is 70.5 Å². The number of carbonyl (C=O) groups excluding carboxylic acids is 2. The minimum atomic E-state index is -0.308. The molecule has 0 amide bonds. The van der Waals surface area contributed by atoms with Gasteiger partial charge in [0.15, 0.2) is 0 Å². The molecule has 0 saturated heterocycles. The first-order valence-electron chi connectivity index (χ1n) is 13.1. The van der Waals surface area contributed by atoms with Crippen LogP contribution in [0, 0.1) is 6.92 Å². The number of rotatable bonds is 20. The standard InChI is InChI=1S/C27H46O5/c1-4-6-8-10-12-14-16-18-20-25(28)31-24-22-30-23(3)27(24)32-26(29)21-19-17-15-13-11-9-7-5-2/h22H,4-21H2,1-3H3. The molecule has 5 nitrogen and oxygen atoms in total. The molecule has 184 valence electrons. The number of hydrogen-bond donors (Lipinski definition) is 0. The molecule has 0 saturated carbocycles. The number of unbranched alkanes of at least 4 members (excludes halogenated alkanes) is 14. The van der Waals surface area contributed by atoms with E-state index in [1.54, 1.807) is 6.92 Å². The monoisotopic (exact) mass is 450 g/mol. The Morgan fingerprint density at radius 2 is 1.06 bits per heavy atom. The first-order valence-corrected chi connectivity index (χ1v) is 13.1. The van der Waals surface area contributed by atoms with Crippen molar-refractivity contribution in [3.8, 4) is 11.5 Å². The van der Waals surface area contributed by atoms with Crippen LogP contribution in [-0.2, 0) is 9.59 Å². The summed E-state index contributed by atoms with van der Waals surface area (Å²) in [5.74, 6) is 0.275. The highest BCUT2D eigenvalue weighted by atomic mass is 16.6. The molecular formula is C27H46O5. The second-order valence-electron chi connectivity index (χ2n) is 8.88. The summed E-state index contributed by atoms with van der Waals surface area (Å²) in [6.07, 6.45) is 20.9. The van der Waals surface area contributed by atoms with E-state index in [1.807, 2.05) is 0 Å². The molecule has 1 aromatic rings. The van der Waals surface area contributed by atoms with Crippen LogP contribution in [0.4, 0.5) is 0 Å². The molecule has 0 radical (unpaired) electrons. The molecule has 0 bridgehead atoms. The predicted molar refractivity (Wildman–Crippen MR) is 129 cm³/mol. The molecule has 0 spiro atoms. The Morgan fingerprint density at radius 3 is 1.53 bits per heavy atom. The van der Waals surface area contributed by atoms with Crippen LogP contribution in [0.5, 0.6) is 11.5 Å². The highest BCUT2D eigenvalue weighted by Gasteiger charge is 2.19. The van der Waals surface area contributed by atoms with E-state index in [2.05, 4.69) is 13.8 Å². The average molecular weight is 451 g/mol. The normalized spacial score (nSPS) is 11.0. The Bertz CT molecular complexity index is 620. The van der Waals surface area contributed by atoms with Crippen molar-refractivity contribution in [2.24, 2.45) is 0 Å². The second-order valence-corrected chi connectivity index (χ2v) is 8.88. The third kappa shape index (κ3) is 13.6. The van der Waals surface area contributed by atoms with Crippen molar-refractivity contribution in [1.29, 1.82) is 0 Å². The smallest absolute Gasteiger partial charge is 0.311 e. The van der Waals surface area contributed by atoms with Gasteiger partial charge in [-0.3, -0.25) is 9.59 Å². The summed E-state index contributed by atoms with van der Waals surface area (Å²) in [5, 5.41) is 0. The largest absolute Gasteiger partial charge is 0.462 e. The van der Waals surface area contributed by atoms with Gasteiger partial charge in [0.1, 0.15) is 12.0 Å². The van der Waals surface area contributed by atoms with E-state index in [9.17, 15) is 9.59 Å². The van der Waals surface area contributed by atoms with Crippen molar-refractivity contribution < 1.29 is 23.5 Å². The van der Waals surface area contributed by atoms with E-state index in [4.69, 9.17) is 13.9 Å². The van der Waals surface area contributed by atoms with Crippen molar-refractivity contribution in [1.82, 2.24) is 0 Å².